The van der Waals surface area contributed by atoms with Crippen LogP contribution in [0.3, 0.4) is 0 Å². The molecule has 0 bridgehead atoms. The molecule has 96 valence electrons. The number of aromatic nitrogens is 1. The smallest absolute Gasteiger partial charge is 0.232 e. The second-order valence-electron chi connectivity index (χ2n) is 4.75. The third kappa shape index (κ3) is 1.64. The van der Waals surface area contributed by atoms with Gasteiger partial charge < -0.3 is 9.72 Å². The first-order valence-corrected chi connectivity index (χ1v) is 6.42. The molecule has 1 aromatic heterocycles. The van der Waals surface area contributed by atoms with Gasteiger partial charge in [-0.3, -0.25) is 4.79 Å². The van der Waals surface area contributed by atoms with Crippen molar-refractivity contribution in [3.63, 3.8) is 0 Å². The summed E-state index contributed by atoms with van der Waals surface area (Å²) in [5, 5.41) is 1.11. The van der Waals surface area contributed by atoms with Crippen molar-refractivity contribution in [3.05, 3.63) is 71.6 Å². The lowest BCUT2D eigenvalue weighted by Crippen LogP contribution is -1.97. The fourth-order valence-electron chi connectivity index (χ4n) is 2.45. The highest BCUT2D eigenvalue weighted by Crippen LogP contribution is 2.31. The van der Waals surface area contributed by atoms with Crippen LogP contribution in [-0.2, 0) is 0 Å². The Bertz CT molecular complexity index is 825. The Labute approximate surface area is 115 Å². The summed E-state index contributed by atoms with van der Waals surface area (Å²) in [6.45, 7) is 0. The van der Waals surface area contributed by atoms with E-state index in [9.17, 15) is 4.79 Å². The average Bonchev–Trinajstić information content (AvgIpc) is 3.01. The molecule has 0 saturated heterocycles. The van der Waals surface area contributed by atoms with Crippen LogP contribution in [-0.4, -0.2) is 10.8 Å². The lowest BCUT2D eigenvalue weighted by atomic mass is 10.1. The third-order valence-electron chi connectivity index (χ3n) is 3.41. The number of ether oxygens (including phenoxy) is 1. The second-order valence-corrected chi connectivity index (χ2v) is 4.75. The molecule has 0 atom stereocenters. The number of Topliss-reactive ketones (excluding diaryl/α,β-unsaturated/α-hetero) is 1. The van der Waals surface area contributed by atoms with Crippen LogP contribution < -0.4 is 4.74 Å². The Morgan fingerprint density at radius 3 is 2.65 bits per heavy atom. The summed E-state index contributed by atoms with van der Waals surface area (Å²) in [7, 11) is 0. The summed E-state index contributed by atoms with van der Waals surface area (Å²) in [4.78, 5) is 15.5. The van der Waals surface area contributed by atoms with E-state index in [-0.39, 0.29) is 5.78 Å². The number of fused-ring (bicyclic) bond motifs is 2. The van der Waals surface area contributed by atoms with E-state index in [1.807, 2.05) is 42.5 Å². The van der Waals surface area contributed by atoms with Gasteiger partial charge in [-0.2, -0.15) is 0 Å². The second kappa shape index (κ2) is 4.10. The van der Waals surface area contributed by atoms with E-state index in [0.717, 1.165) is 16.6 Å². The highest BCUT2D eigenvalue weighted by atomic mass is 16.5. The largest absolute Gasteiger partial charge is 0.452 e. The number of carbonyl (C=O) groups excluding carboxylic acids is 1. The van der Waals surface area contributed by atoms with Gasteiger partial charge in [-0.25, -0.2) is 0 Å². The van der Waals surface area contributed by atoms with E-state index in [1.54, 1.807) is 18.2 Å². The quantitative estimate of drug-likeness (QED) is 0.677. The van der Waals surface area contributed by atoms with Crippen LogP contribution in [0.2, 0.25) is 0 Å². The molecule has 0 radical (unpaired) electrons. The lowest BCUT2D eigenvalue weighted by molar-refractivity contribution is 0.101. The normalized spacial score (nSPS) is 15.6. The Morgan fingerprint density at radius 2 is 1.80 bits per heavy atom. The standard InChI is InChI=1S/C17H11NO2/c19-17-13-6-2-4-8-15(13)20-16(17)10-12-9-11-5-1-3-7-14(11)18-12/h1-10,18H. The van der Waals surface area contributed by atoms with Crippen molar-refractivity contribution in [1.82, 2.24) is 4.98 Å². The number of H-pyrrole nitrogens is 1. The maximum atomic E-state index is 12.2. The molecule has 1 aliphatic heterocycles. The molecule has 4 rings (SSSR count). The van der Waals surface area contributed by atoms with Crippen LogP contribution in [0.15, 0.2) is 60.4 Å². The van der Waals surface area contributed by atoms with Crippen LogP contribution in [0.4, 0.5) is 0 Å². The predicted octanol–water partition coefficient (Wildman–Crippen LogP) is 3.78. The molecule has 20 heavy (non-hydrogen) atoms. The van der Waals surface area contributed by atoms with Gasteiger partial charge in [0.05, 0.1) is 5.56 Å². The molecule has 0 aliphatic carbocycles. The molecule has 3 heteroatoms. The number of nitrogens with one attached hydrogen (secondary N) is 1. The zero-order valence-corrected chi connectivity index (χ0v) is 10.6. The van der Waals surface area contributed by atoms with Crippen LogP contribution in [0, 0.1) is 0 Å². The maximum absolute atomic E-state index is 12.2. The average molecular weight is 261 g/mol. The van der Waals surface area contributed by atoms with E-state index in [4.69, 9.17) is 4.74 Å². The SMILES string of the molecule is O=C1C(=Cc2cc3ccccc3[nH]2)Oc2ccccc21. The fraction of sp³-hybridized carbons (Fsp3) is 0. The minimum atomic E-state index is -0.0701. The number of benzene rings is 2. The number of hydrogen-bond donors (Lipinski definition) is 1. The van der Waals surface area contributed by atoms with E-state index >= 15 is 0 Å². The predicted molar refractivity (Wildman–Crippen MR) is 77.7 cm³/mol. The molecule has 1 N–H and O–H groups in total. The highest BCUT2D eigenvalue weighted by molar-refractivity contribution is 6.14. The minimum absolute atomic E-state index is 0.0701. The highest BCUT2D eigenvalue weighted by Gasteiger charge is 2.26. The van der Waals surface area contributed by atoms with E-state index < -0.39 is 0 Å². The summed E-state index contributed by atoms with van der Waals surface area (Å²) >= 11 is 0. The molecule has 0 fully saturated rings. The molecular formula is C17H11NO2. The van der Waals surface area contributed by atoms with Crippen molar-refractivity contribution in [2.75, 3.05) is 0 Å². The number of rotatable bonds is 1. The van der Waals surface area contributed by atoms with Gasteiger partial charge in [0.1, 0.15) is 5.75 Å². The lowest BCUT2D eigenvalue weighted by Gasteiger charge is -1.96. The van der Waals surface area contributed by atoms with Crippen molar-refractivity contribution >= 4 is 22.8 Å². The summed E-state index contributed by atoms with van der Waals surface area (Å²) in [5.74, 6) is 0.914. The van der Waals surface area contributed by atoms with Gasteiger partial charge in [-0.1, -0.05) is 30.3 Å². The first-order chi connectivity index (χ1) is 9.81. The molecule has 2 aromatic carbocycles. The van der Waals surface area contributed by atoms with Crippen molar-refractivity contribution in [3.8, 4) is 5.75 Å². The summed E-state index contributed by atoms with van der Waals surface area (Å²) in [5.41, 5.74) is 2.53. The van der Waals surface area contributed by atoms with Crippen molar-refractivity contribution in [1.29, 1.82) is 0 Å². The zero-order chi connectivity index (χ0) is 13.5. The first-order valence-electron chi connectivity index (χ1n) is 6.42. The van der Waals surface area contributed by atoms with E-state index in [0.29, 0.717) is 17.1 Å². The van der Waals surface area contributed by atoms with Gasteiger partial charge in [-0.05, 0) is 29.7 Å². The van der Waals surface area contributed by atoms with Gasteiger partial charge in [0.25, 0.3) is 0 Å². The van der Waals surface area contributed by atoms with Gasteiger partial charge in [-0.15, -0.1) is 0 Å². The minimum Gasteiger partial charge on any atom is -0.452 e. The summed E-state index contributed by atoms with van der Waals surface area (Å²) in [6, 6.07) is 17.3. The van der Waals surface area contributed by atoms with Crippen molar-refractivity contribution < 1.29 is 9.53 Å². The molecule has 0 spiro atoms. The summed E-state index contributed by atoms with van der Waals surface area (Å²) in [6.07, 6.45) is 1.75. The van der Waals surface area contributed by atoms with Crippen LogP contribution in [0.5, 0.6) is 5.75 Å². The molecule has 0 amide bonds. The van der Waals surface area contributed by atoms with E-state index in [2.05, 4.69) is 4.98 Å². The Hall–Kier alpha value is -2.81. The number of aromatic amines is 1. The molecule has 1 aliphatic rings. The number of hydrogen-bond acceptors (Lipinski definition) is 2. The molecule has 2 heterocycles. The number of carbonyl (C=O) groups is 1. The molecule has 3 aromatic rings. The van der Waals surface area contributed by atoms with Crippen LogP contribution >= 0.6 is 0 Å². The topological polar surface area (TPSA) is 42.1 Å². The fourth-order valence-corrected chi connectivity index (χ4v) is 2.45. The maximum Gasteiger partial charge on any atom is 0.232 e. The number of allylic oxidation sites excluding steroid dienone is 1. The molecular weight excluding hydrogens is 250 g/mol. The third-order valence-corrected chi connectivity index (χ3v) is 3.41. The molecule has 3 nitrogen and oxygen atoms in total. The molecule has 0 saturated carbocycles. The van der Waals surface area contributed by atoms with Crippen molar-refractivity contribution in [2.45, 2.75) is 0 Å². The van der Waals surface area contributed by atoms with Gasteiger partial charge in [0.2, 0.25) is 5.78 Å². The van der Waals surface area contributed by atoms with Gasteiger partial charge in [0, 0.05) is 17.3 Å². The van der Waals surface area contributed by atoms with Gasteiger partial charge in [0.15, 0.2) is 5.76 Å². The van der Waals surface area contributed by atoms with Crippen molar-refractivity contribution in [2.24, 2.45) is 0 Å². The Balaban J connectivity index is 1.77. The van der Waals surface area contributed by atoms with Crippen LogP contribution in [0.25, 0.3) is 17.0 Å². The Morgan fingerprint density at radius 1 is 1.00 bits per heavy atom. The van der Waals surface area contributed by atoms with Crippen LogP contribution in [0.1, 0.15) is 16.1 Å². The van der Waals surface area contributed by atoms with E-state index in [1.165, 1.54) is 0 Å². The first kappa shape index (κ1) is 11.1. The number of para-hydroxylation sites is 2. The Kier molecular flexibility index (Phi) is 2.27. The monoisotopic (exact) mass is 261 g/mol. The van der Waals surface area contributed by atoms with Gasteiger partial charge >= 0.3 is 0 Å². The zero-order valence-electron chi connectivity index (χ0n) is 10.6. The molecule has 0 unspecified atom stereocenters. The summed E-state index contributed by atoms with van der Waals surface area (Å²) < 4.78 is 5.61. The number of ketones is 1.